The number of amides is 6. The number of hydrogen-bond donors (Lipinski definition) is 8. The molecule has 17 nitrogen and oxygen atoms in total. The van der Waals surface area contributed by atoms with Crippen molar-refractivity contribution in [2.45, 2.75) is 160 Å². The lowest BCUT2D eigenvalue weighted by Gasteiger charge is -2.31. The summed E-state index contributed by atoms with van der Waals surface area (Å²) >= 11 is 0. The summed E-state index contributed by atoms with van der Waals surface area (Å²) in [5.41, 5.74) is 0.760. The number of carboxylic acids is 1. The Balaban J connectivity index is 1.64. The molecule has 360 valence electrons. The Morgan fingerprint density at radius 1 is 0.738 bits per heavy atom. The molecule has 0 spiro atoms. The zero-order chi connectivity index (χ0) is 48.1. The predicted molar refractivity (Wildman–Crippen MR) is 245 cm³/mol. The van der Waals surface area contributed by atoms with Crippen LogP contribution in [0.3, 0.4) is 0 Å². The van der Waals surface area contributed by atoms with Gasteiger partial charge in [0.1, 0.15) is 41.7 Å². The average molecular weight is 909 g/mol. The second-order valence-electron chi connectivity index (χ2n) is 17.1. The van der Waals surface area contributed by atoms with Gasteiger partial charge in [-0.15, -0.1) is 0 Å². The number of phenolic OH excluding ortho intramolecular Hbond substituents is 2. The monoisotopic (exact) mass is 909 g/mol. The molecule has 17 heteroatoms. The third kappa shape index (κ3) is 16.7. The third-order valence-electron chi connectivity index (χ3n) is 12.0. The molecule has 0 saturated heterocycles. The molecular formula is C48H72N6O11. The first-order valence-electron chi connectivity index (χ1n) is 23.2. The highest BCUT2D eigenvalue weighted by Crippen LogP contribution is 2.38. The largest absolute Gasteiger partial charge is 0.507 e. The summed E-state index contributed by atoms with van der Waals surface area (Å²) in [4.78, 5) is 95.1. The number of nitrogens with one attached hydrogen (secondary N) is 4. The van der Waals surface area contributed by atoms with E-state index in [-0.39, 0.29) is 53.4 Å². The van der Waals surface area contributed by atoms with E-state index in [0.29, 0.717) is 18.4 Å². The van der Waals surface area contributed by atoms with E-state index in [0.717, 1.165) is 24.2 Å². The maximum Gasteiger partial charge on any atom is 0.326 e. The van der Waals surface area contributed by atoms with Crippen molar-refractivity contribution in [2.24, 2.45) is 0 Å². The van der Waals surface area contributed by atoms with Crippen molar-refractivity contribution in [3.8, 4) is 22.6 Å². The maximum atomic E-state index is 14.1. The number of phenols is 2. The minimum Gasteiger partial charge on any atom is -0.507 e. The summed E-state index contributed by atoms with van der Waals surface area (Å²) in [6, 6.07) is 1.79. The SMILES string of the molecule is CCCCCCCCCCCCCCCC(=O)N(C)[C@H](CO)C(=O)N[C@H](C)C(=O)NCC(=O)N(C)[C@@H]1C(=O)N[C@@H](CCC)C(=O)N[C@H](C(=O)O)Cc2ccc(O)c(c2)-c2cc1ccc2O. The van der Waals surface area contributed by atoms with Crippen LogP contribution < -0.4 is 21.3 Å². The molecule has 0 aromatic heterocycles. The fourth-order valence-corrected chi connectivity index (χ4v) is 7.92. The van der Waals surface area contributed by atoms with Crippen LogP contribution in [-0.4, -0.2) is 123 Å². The van der Waals surface area contributed by atoms with Crippen molar-refractivity contribution < 1.29 is 54.0 Å². The normalized spacial score (nSPS) is 17.1. The van der Waals surface area contributed by atoms with Crippen LogP contribution in [0.25, 0.3) is 11.1 Å². The molecule has 0 aliphatic carbocycles. The Kier molecular flexibility index (Phi) is 22.8. The van der Waals surface area contributed by atoms with Crippen LogP contribution in [0.1, 0.15) is 141 Å². The first-order chi connectivity index (χ1) is 31.0. The van der Waals surface area contributed by atoms with Gasteiger partial charge in [0.15, 0.2) is 0 Å². The highest BCUT2D eigenvalue weighted by Gasteiger charge is 2.35. The van der Waals surface area contributed by atoms with Gasteiger partial charge in [0.05, 0.1) is 13.2 Å². The Morgan fingerprint density at radius 2 is 1.31 bits per heavy atom. The Bertz CT molecular complexity index is 1930. The average Bonchev–Trinajstić information content (AvgIpc) is 3.27. The Labute approximate surface area is 383 Å². The summed E-state index contributed by atoms with van der Waals surface area (Å²) in [7, 11) is 2.72. The van der Waals surface area contributed by atoms with Gasteiger partial charge in [0, 0.05) is 38.1 Å². The molecule has 3 rings (SSSR count). The zero-order valence-corrected chi connectivity index (χ0v) is 38.8. The van der Waals surface area contributed by atoms with Crippen LogP contribution in [0.2, 0.25) is 0 Å². The Morgan fingerprint density at radius 3 is 1.88 bits per heavy atom. The molecule has 4 bridgehead atoms. The molecular weight excluding hydrogens is 837 g/mol. The summed E-state index contributed by atoms with van der Waals surface area (Å²) in [6.45, 7) is 4.03. The van der Waals surface area contributed by atoms with E-state index in [1.54, 1.807) is 6.92 Å². The van der Waals surface area contributed by atoms with Gasteiger partial charge in [0.2, 0.25) is 35.4 Å². The Hall–Kier alpha value is -5.71. The number of aliphatic carboxylic acids is 1. The van der Waals surface area contributed by atoms with Crippen LogP contribution in [0.15, 0.2) is 36.4 Å². The summed E-state index contributed by atoms with van der Waals surface area (Å²) in [5.74, 6) is -6.11. The number of carbonyl (C=O) groups is 7. The minimum absolute atomic E-state index is 0.0737. The zero-order valence-electron chi connectivity index (χ0n) is 38.8. The molecule has 8 N–H and O–H groups in total. The van der Waals surface area contributed by atoms with Crippen LogP contribution in [-0.2, 0) is 40.0 Å². The molecule has 0 radical (unpaired) electrons. The number of carboxylic acid groups (broad SMARTS) is 1. The van der Waals surface area contributed by atoms with E-state index in [9.17, 15) is 54.0 Å². The summed E-state index contributed by atoms with van der Waals surface area (Å²) in [5, 5.41) is 51.8. The van der Waals surface area contributed by atoms with Crippen LogP contribution in [0.5, 0.6) is 11.5 Å². The topological polar surface area (TPSA) is 255 Å². The first-order valence-corrected chi connectivity index (χ1v) is 23.2. The van der Waals surface area contributed by atoms with E-state index in [4.69, 9.17) is 0 Å². The van der Waals surface area contributed by atoms with Crippen molar-refractivity contribution in [2.75, 3.05) is 27.2 Å². The van der Waals surface area contributed by atoms with E-state index < -0.39 is 78.9 Å². The number of likely N-dealkylation sites (N-methyl/N-ethyl adjacent to an activating group) is 2. The van der Waals surface area contributed by atoms with Gasteiger partial charge in [-0.3, -0.25) is 28.8 Å². The third-order valence-corrected chi connectivity index (χ3v) is 12.0. The van der Waals surface area contributed by atoms with Gasteiger partial charge in [-0.25, -0.2) is 4.79 Å². The number of aliphatic hydroxyl groups excluding tert-OH is 1. The van der Waals surface area contributed by atoms with E-state index in [1.165, 1.54) is 120 Å². The van der Waals surface area contributed by atoms with Crippen LogP contribution >= 0.6 is 0 Å². The molecule has 2 aromatic rings. The molecule has 0 saturated carbocycles. The predicted octanol–water partition coefficient (Wildman–Crippen LogP) is 4.60. The van der Waals surface area contributed by atoms with E-state index in [2.05, 4.69) is 28.2 Å². The van der Waals surface area contributed by atoms with Gasteiger partial charge in [-0.2, -0.15) is 0 Å². The molecule has 6 amide bonds. The van der Waals surface area contributed by atoms with E-state index >= 15 is 0 Å². The number of benzene rings is 2. The summed E-state index contributed by atoms with van der Waals surface area (Å²) < 4.78 is 0. The number of unbranched alkanes of at least 4 members (excludes halogenated alkanes) is 12. The maximum absolute atomic E-state index is 14.1. The van der Waals surface area contributed by atoms with Gasteiger partial charge < -0.3 is 51.5 Å². The van der Waals surface area contributed by atoms with Gasteiger partial charge in [0.25, 0.3) is 0 Å². The number of carbonyl (C=O) groups excluding carboxylic acids is 6. The number of hydrogen-bond acceptors (Lipinski definition) is 10. The van der Waals surface area contributed by atoms with Crippen molar-refractivity contribution in [3.05, 3.63) is 47.5 Å². The fourth-order valence-electron chi connectivity index (χ4n) is 7.92. The van der Waals surface area contributed by atoms with Crippen LogP contribution in [0.4, 0.5) is 0 Å². The van der Waals surface area contributed by atoms with Gasteiger partial charge >= 0.3 is 5.97 Å². The highest BCUT2D eigenvalue weighted by molar-refractivity contribution is 5.96. The molecule has 1 aliphatic rings. The summed E-state index contributed by atoms with van der Waals surface area (Å²) in [6.07, 6.45) is 15.7. The molecule has 0 fully saturated rings. The van der Waals surface area contributed by atoms with Crippen molar-refractivity contribution >= 4 is 41.4 Å². The lowest BCUT2D eigenvalue weighted by atomic mass is 9.93. The second-order valence-corrected chi connectivity index (χ2v) is 17.1. The van der Waals surface area contributed by atoms with Crippen molar-refractivity contribution in [1.29, 1.82) is 0 Å². The fraction of sp³-hybridized carbons (Fsp3) is 0.604. The second kappa shape index (κ2) is 27.6. The quantitative estimate of drug-likeness (QED) is 0.0640. The number of fused-ring (bicyclic) bond motifs is 5. The van der Waals surface area contributed by atoms with Gasteiger partial charge in [-0.1, -0.05) is 109 Å². The lowest BCUT2D eigenvalue weighted by molar-refractivity contribution is -0.143. The van der Waals surface area contributed by atoms with Crippen molar-refractivity contribution in [3.63, 3.8) is 0 Å². The number of aromatic hydroxyl groups is 2. The lowest BCUT2D eigenvalue weighted by Crippen LogP contribution is -2.55. The first kappa shape index (κ1) is 53.6. The van der Waals surface area contributed by atoms with Crippen LogP contribution in [0, 0.1) is 0 Å². The standard InChI is InChI=1S/C48H72N6O11/c1-6-8-9-10-11-12-13-14-15-16-17-18-19-21-41(58)53(4)38(30-55)46(62)50-31(3)44(60)49-29-42(59)54(5)43-33-23-25-40(57)35(28-33)34-26-32(22-24-39(34)56)27-37(48(64)65)52-45(61)36(20-7-2)51-47(43)63/h22-26,28,31,36-38,43,55-57H,6-21,27,29-30H2,1-5H3,(H,49,60)(H,50,62)(H,51,63)(H,52,61)(H,64,65)/t31-,36+,37+,38-,43+/m1/s1. The molecule has 0 unspecified atom stereocenters. The minimum atomic E-state index is -1.47. The molecule has 65 heavy (non-hydrogen) atoms. The number of nitrogens with zero attached hydrogens (tertiary/aromatic N) is 2. The molecule has 1 heterocycles. The number of rotatable bonds is 25. The van der Waals surface area contributed by atoms with Gasteiger partial charge in [-0.05, 0) is 55.2 Å². The molecule has 5 atom stereocenters. The number of aliphatic hydroxyl groups is 1. The molecule has 2 aromatic carbocycles. The smallest absolute Gasteiger partial charge is 0.326 e. The van der Waals surface area contributed by atoms with Crippen molar-refractivity contribution in [1.82, 2.24) is 31.1 Å². The highest BCUT2D eigenvalue weighted by atomic mass is 16.4. The van der Waals surface area contributed by atoms with E-state index in [1.807, 2.05) is 0 Å². The molecule has 1 aliphatic heterocycles.